The normalized spacial score (nSPS) is 18.8. The Morgan fingerprint density at radius 3 is 2.75 bits per heavy atom. The first-order valence-electron chi connectivity index (χ1n) is 8.21. The van der Waals surface area contributed by atoms with Crippen molar-refractivity contribution < 1.29 is 19.6 Å². The van der Waals surface area contributed by atoms with E-state index in [9.17, 15) is 24.8 Å². The van der Waals surface area contributed by atoms with E-state index in [1.807, 2.05) is 30.3 Å². The van der Waals surface area contributed by atoms with Crippen LogP contribution in [0.3, 0.4) is 0 Å². The number of nitrogens with zero attached hydrogens (tertiary/aromatic N) is 2. The first-order valence-corrected chi connectivity index (χ1v) is 9.00. The molecule has 144 valence electrons. The number of hydrazone groups is 1. The number of hydrogen-bond donors (Lipinski definition) is 3. The number of non-ortho nitro benzene ring substituents is 1. The van der Waals surface area contributed by atoms with Crippen LogP contribution in [0.25, 0.3) is 0 Å². The highest BCUT2D eigenvalue weighted by atomic mass is 79.9. The third kappa shape index (κ3) is 4.01. The molecule has 1 heterocycles. The topological polar surface area (TPSA) is 134 Å². The second-order valence-electron chi connectivity index (χ2n) is 6.10. The number of nitrogens with one attached hydrogen (secondary N) is 2. The lowest BCUT2D eigenvalue weighted by molar-refractivity contribution is -0.385. The highest BCUT2D eigenvalue weighted by molar-refractivity contribution is 9.10. The molecule has 1 aliphatic rings. The Balaban J connectivity index is 1.76. The van der Waals surface area contributed by atoms with E-state index >= 15 is 0 Å². The summed E-state index contributed by atoms with van der Waals surface area (Å²) < 4.78 is 0.119. The van der Waals surface area contributed by atoms with Gasteiger partial charge in [-0.25, -0.2) is 5.43 Å². The molecule has 0 spiro atoms. The standard InChI is InChI=1S/C18H15BrN4O5/c19-14-7-12(23(27)28)6-11(16(14)24)8-21-22-18(26)15-13(9-20-17(15)25)10-4-2-1-3-5-10/h1-8,13,15,24H,9H2,(H,20,25)(H,22,26)/b21-8+. The number of rotatable bonds is 5. The maximum atomic E-state index is 12.5. The van der Waals surface area contributed by atoms with Gasteiger partial charge in [0, 0.05) is 30.2 Å². The fraction of sp³-hybridized carbons (Fsp3) is 0.167. The SMILES string of the molecule is O=C1NCC(c2ccccc2)C1C(=O)N/N=C/c1cc([N+](=O)[O-])cc(Br)c1O. The van der Waals surface area contributed by atoms with Crippen molar-refractivity contribution in [2.24, 2.45) is 11.0 Å². The maximum Gasteiger partial charge on any atom is 0.271 e. The molecule has 28 heavy (non-hydrogen) atoms. The number of carbonyl (C=O) groups excluding carboxylic acids is 2. The lowest BCUT2D eigenvalue weighted by atomic mass is 9.88. The van der Waals surface area contributed by atoms with Gasteiger partial charge in [-0.15, -0.1) is 0 Å². The van der Waals surface area contributed by atoms with Gasteiger partial charge in [-0.2, -0.15) is 5.10 Å². The van der Waals surface area contributed by atoms with Gasteiger partial charge in [0.05, 0.1) is 15.6 Å². The molecule has 2 atom stereocenters. The van der Waals surface area contributed by atoms with E-state index in [2.05, 4.69) is 31.8 Å². The highest BCUT2D eigenvalue weighted by Crippen LogP contribution is 2.32. The van der Waals surface area contributed by atoms with Crippen LogP contribution < -0.4 is 10.7 Å². The van der Waals surface area contributed by atoms with Gasteiger partial charge in [-0.3, -0.25) is 19.7 Å². The zero-order valence-corrected chi connectivity index (χ0v) is 15.9. The Hall–Kier alpha value is -3.27. The van der Waals surface area contributed by atoms with Crippen LogP contribution in [0.1, 0.15) is 17.0 Å². The summed E-state index contributed by atoms with van der Waals surface area (Å²) in [6.45, 7) is 0.337. The second kappa shape index (κ2) is 8.17. The Bertz CT molecular complexity index is 964. The number of amides is 2. The molecule has 3 N–H and O–H groups in total. The number of nitro benzene ring substituents is 1. The number of benzene rings is 2. The Kier molecular flexibility index (Phi) is 5.69. The summed E-state index contributed by atoms with van der Waals surface area (Å²) in [7, 11) is 0. The molecular weight excluding hydrogens is 432 g/mol. The molecule has 0 saturated carbocycles. The van der Waals surface area contributed by atoms with Gasteiger partial charge in [0.1, 0.15) is 11.7 Å². The number of halogens is 1. The summed E-state index contributed by atoms with van der Waals surface area (Å²) in [5, 5.41) is 27.3. The van der Waals surface area contributed by atoms with Crippen LogP contribution in [0.15, 0.2) is 52.0 Å². The third-order valence-electron chi connectivity index (χ3n) is 4.36. The molecule has 0 radical (unpaired) electrons. The summed E-state index contributed by atoms with van der Waals surface area (Å²) >= 11 is 3.03. The summed E-state index contributed by atoms with van der Waals surface area (Å²) in [5.41, 5.74) is 2.91. The van der Waals surface area contributed by atoms with Crippen molar-refractivity contribution in [3.05, 3.63) is 68.2 Å². The molecular formula is C18H15BrN4O5. The van der Waals surface area contributed by atoms with Crippen molar-refractivity contribution in [2.75, 3.05) is 6.54 Å². The molecule has 0 aliphatic carbocycles. The highest BCUT2D eigenvalue weighted by Gasteiger charge is 2.40. The molecule has 2 aromatic rings. The fourth-order valence-electron chi connectivity index (χ4n) is 2.98. The van der Waals surface area contributed by atoms with Crippen molar-refractivity contribution in [1.82, 2.24) is 10.7 Å². The van der Waals surface area contributed by atoms with Gasteiger partial charge in [0.25, 0.3) is 11.6 Å². The van der Waals surface area contributed by atoms with E-state index in [0.717, 1.165) is 23.9 Å². The quantitative estimate of drug-likeness (QED) is 0.279. The molecule has 2 unspecified atom stereocenters. The van der Waals surface area contributed by atoms with Crippen molar-refractivity contribution in [3.63, 3.8) is 0 Å². The summed E-state index contributed by atoms with van der Waals surface area (Å²) in [6.07, 6.45) is 1.08. The number of phenolic OH excluding ortho intramolecular Hbond substituents is 1. The van der Waals surface area contributed by atoms with Crippen molar-refractivity contribution >= 4 is 39.6 Å². The van der Waals surface area contributed by atoms with Crippen LogP contribution in [-0.4, -0.2) is 34.6 Å². The van der Waals surface area contributed by atoms with E-state index in [4.69, 9.17) is 0 Å². The molecule has 2 aromatic carbocycles. The molecule has 1 fully saturated rings. The molecule has 9 nitrogen and oxygen atoms in total. The molecule has 0 aromatic heterocycles. The predicted molar refractivity (Wildman–Crippen MR) is 104 cm³/mol. The average molecular weight is 447 g/mol. The minimum absolute atomic E-state index is 0.0388. The lowest BCUT2D eigenvalue weighted by Gasteiger charge is -2.15. The first kappa shape index (κ1) is 19.5. The maximum absolute atomic E-state index is 12.5. The molecule has 10 heteroatoms. The Morgan fingerprint density at radius 1 is 1.36 bits per heavy atom. The van der Waals surface area contributed by atoms with Crippen LogP contribution in [0.5, 0.6) is 5.75 Å². The number of phenols is 1. The molecule has 1 aliphatic heterocycles. The van der Waals surface area contributed by atoms with Crippen LogP contribution in [0.4, 0.5) is 5.69 Å². The van der Waals surface area contributed by atoms with Crippen LogP contribution in [-0.2, 0) is 9.59 Å². The smallest absolute Gasteiger partial charge is 0.271 e. The zero-order chi connectivity index (χ0) is 20.3. The van der Waals surface area contributed by atoms with Gasteiger partial charge in [-0.1, -0.05) is 30.3 Å². The minimum Gasteiger partial charge on any atom is -0.506 e. The molecule has 2 amide bonds. The van der Waals surface area contributed by atoms with Gasteiger partial charge < -0.3 is 10.4 Å². The van der Waals surface area contributed by atoms with Gasteiger partial charge in [0.15, 0.2) is 0 Å². The summed E-state index contributed by atoms with van der Waals surface area (Å²) in [6, 6.07) is 11.4. The fourth-order valence-corrected chi connectivity index (χ4v) is 3.44. The van der Waals surface area contributed by atoms with Gasteiger partial charge >= 0.3 is 0 Å². The Labute approximate surface area is 167 Å². The first-order chi connectivity index (χ1) is 13.4. The van der Waals surface area contributed by atoms with Crippen molar-refractivity contribution in [2.45, 2.75) is 5.92 Å². The number of carbonyl (C=O) groups is 2. The monoisotopic (exact) mass is 446 g/mol. The largest absolute Gasteiger partial charge is 0.506 e. The van der Waals surface area contributed by atoms with E-state index in [0.29, 0.717) is 6.54 Å². The minimum atomic E-state index is -0.954. The molecule has 3 rings (SSSR count). The van der Waals surface area contributed by atoms with Crippen LogP contribution in [0.2, 0.25) is 0 Å². The summed E-state index contributed by atoms with van der Waals surface area (Å²) in [4.78, 5) is 34.9. The van der Waals surface area contributed by atoms with E-state index in [1.165, 1.54) is 0 Å². The average Bonchev–Trinajstić information content (AvgIpc) is 3.07. The van der Waals surface area contributed by atoms with Gasteiger partial charge in [0.2, 0.25) is 5.91 Å². The predicted octanol–water partition coefficient (Wildman–Crippen LogP) is 2.04. The number of aromatic hydroxyl groups is 1. The van der Waals surface area contributed by atoms with Gasteiger partial charge in [-0.05, 0) is 21.5 Å². The van der Waals surface area contributed by atoms with Crippen molar-refractivity contribution in [1.29, 1.82) is 0 Å². The van der Waals surface area contributed by atoms with E-state index in [-0.39, 0.29) is 27.4 Å². The number of nitro groups is 1. The van der Waals surface area contributed by atoms with Crippen molar-refractivity contribution in [3.8, 4) is 5.75 Å². The summed E-state index contributed by atoms with van der Waals surface area (Å²) in [5.74, 6) is -2.55. The van der Waals surface area contributed by atoms with Crippen LogP contribution >= 0.6 is 15.9 Å². The molecule has 0 bridgehead atoms. The van der Waals surface area contributed by atoms with E-state index < -0.39 is 22.7 Å². The second-order valence-corrected chi connectivity index (χ2v) is 6.95. The van der Waals surface area contributed by atoms with Crippen LogP contribution in [0, 0.1) is 16.0 Å². The third-order valence-corrected chi connectivity index (χ3v) is 4.96. The number of hydrogen-bond acceptors (Lipinski definition) is 6. The zero-order valence-electron chi connectivity index (χ0n) is 14.3. The molecule has 1 saturated heterocycles. The Morgan fingerprint density at radius 2 is 2.07 bits per heavy atom. The van der Waals surface area contributed by atoms with E-state index in [1.54, 1.807) is 0 Å². The lowest BCUT2D eigenvalue weighted by Crippen LogP contribution is -2.34.